The van der Waals surface area contributed by atoms with Gasteiger partial charge in [0.15, 0.2) is 0 Å². The first-order valence-electron chi connectivity index (χ1n) is 14.9. The zero-order chi connectivity index (χ0) is 32.0. The van der Waals surface area contributed by atoms with Gasteiger partial charge in [-0.3, -0.25) is 14.4 Å². The fourth-order valence-electron chi connectivity index (χ4n) is 5.78. The number of likely N-dealkylation sites (N-methyl/N-ethyl adjacent to an activating group) is 2. The number of carbonyl (C=O) groups is 4. The summed E-state index contributed by atoms with van der Waals surface area (Å²) < 4.78 is 4.90. The lowest BCUT2D eigenvalue weighted by Gasteiger charge is -2.40. The Bertz CT molecular complexity index is 1140. The number of benzene rings is 1. The molecule has 2 rings (SSSR count). The van der Waals surface area contributed by atoms with Crippen molar-refractivity contribution >= 4 is 23.7 Å². The van der Waals surface area contributed by atoms with Crippen molar-refractivity contribution in [1.29, 1.82) is 0 Å². The summed E-state index contributed by atoms with van der Waals surface area (Å²) in [6.07, 6.45) is 3.10. The van der Waals surface area contributed by atoms with Crippen molar-refractivity contribution in [3.63, 3.8) is 0 Å². The predicted molar refractivity (Wildman–Crippen MR) is 166 cm³/mol. The monoisotopic (exact) mass is 584 g/mol. The Hall–Kier alpha value is -3.20. The van der Waals surface area contributed by atoms with Gasteiger partial charge in [0, 0.05) is 24.6 Å². The van der Waals surface area contributed by atoms with E-state index in [1.165, 1.54) is 7.11 Å². The minimum atomic E-state index is -0.814. The van der Waals surface area contributed by atoms with Crippen molar-refractivity contribution < 1.29 is 23.9 Å². The second-order valence-electron chi connectivity index (χ2n) is 13.3. The molecule has 9 heteroatoms. The number of carbonyl (C=O) groups excluding carboxylic acids is 4. The van der Waals surface area contributed by atoms with Crippen LogP contribution in [0.1, 0.15) is 73.8 Å². The highest BCUT2D eigenvalue weighted by Crippen LogP contribution is 2.29. The molecule has 42 heavy (non-hydrogen) atoms. The van der Waals surface area contributed by atoms with Crippen molar-refractivity contribution in [2.75, 3.05) is 27.7 Å². The van der Waals surface area contributed by atoms with Gasteiger partial charge in [0.05, 0.1) is 19.2 Å². The molecule has 0 spiro atoms. The van der Waals surface area contributed by atoms with E-state index in [0.717, 1.165) is 12.0 Å². The molecule has 9 nitrogen and oxygen atoms in total. The van der Waals surface area contributed by atoms with Crippen LogP contribution >= 0.6 is 0 Å². The zero-order valence-corrected chi connectivity index (χ0v) is 27.4. The smallest absolute Gasteiger partial charge is 0.328 e. The third-order valence-corrected chi connectivity index (χ3v) is 8.41. The first-order valence-corrected chi connectivity index (χ1v) is 14.9. The van der Waals surface area contributed by atoms with Gasteiger partial charge in [-0.1, -0.05) is 84.9 Å². The molecule has 234 valence electrons. The molecule has 0 radical (unpaired) electrons. The van der Waals surface area contributed by atoms with Crippen molar-refractivity contribution in [2.45, 2.75) is 97.8 Å². The Labute approximate surface area is 252 Å². The summed E-state index contributed by atoms with van der Waals surface area (Å²) in [5.74, 6) is -1.18. The molecule has 1 aromatic rings. The number of amides is 3. The molecule has 1 saturated heterocycles. The van der Waals surface area contributed by atoms with Crippen molar-refractivity contribution in [3.05, 3.63) is 47.5 Å². The number of ether oxygens (including phenoxy) is 1. The highest BCUT2D eigenvalue weighted by molar-refractivity contribution is 5.96. The topological polar surface area (TPSA) is 108 Å². The van der Waals surface area contributed by atoms with Crippen LogP contribution < -0.4 is 10.6 Å². The van der Waals surface area contributed by atoms with Gasteiger partial charge in [0.1, 0.15) is 12.1 Å². The quantitative estimate of drug-likeness (QED) is 0.304. The second-order valence-corrected chi connectivity index (χ2v) is 13.3. The van der Waals surface area contributed by atoms with Crippen LogP contribution in [0, 0.1) is 11.3 Å². The van der Waals surface area contributed by atoms with Gasteiger partial charge in [-0.25, -0.2) is 4.79 Å². The fraction of sp³-hybridized carbons (Fsp3) is 0.636. The summed E-state index contributed by atoms with van der Waals surface area (Å²) in [7, 11) is 4.79. The summed E-state index contributed by atoms with van der Waals surface area (Å²) in [6.45, 7) is 16.0. The third-order valence-electron chi connectivity index (χ3n) is 8.41. The van der Waals surface area contributed by atoms with E-state index < -0.39 is 41.0 Å². The molecule has 0 aliphatic carbocycles. The van der Waals surface area contributed by atoms with Gasteiger partial charge >= 0.3 is 5.97 Å². The number of esters is 1. The molecule has 0 saturated carbocycles. The van der Waals surface area contributed by atoms with Gasteiger partial charge in [-0.2, -0.15) is 0 Å². The van der Waals surface area contributed by atoms with E-state index in [1.807, 2.05) is 78.8 Å². The van der Waals surface area contributed by atoms with Crippen molar-refractivity contribution in [3.8, 4) is 0 Å². The zero-order valence-electron chi connectivity index (χ0n) is 27.4. The number of methoxy groups -OCH3 is 1. The molecule has 0 bridgehead atoms. The fourth-order valence-corrected chi connectivity index (χ4v) is 5.78. The van der Waals surface area contributed by atoms with Crippen LogP contribution in [0.25, 0.3) is 0 Å². The lowest BCUT2D eigenvalue weighted by atomic mass is 9.76. The molecule has 0 aromatic heterocycles. The number of hydrogen-bond donors (Lipinski definition) is 2. The van der Waals surface area contributed by atoms with E-state index >= 15 is 0 Å². The maximum absolute atomic E-state index is 14.1. The largest absolute Gasteiger partial charge is 0.467 e. The minimum absolute atomic E-state index is 0.0185. The van der Waals surface area contributed by atoms with Gasteiger partial charge in [-0.05, 0) is 43.7 Å². The van der Waals surface area contributed by atoms with Gasteiger partial charge in [-0.15, -0.1) is 0 Å². The standard InChI is InChI=1S/C33H52N4O5/c1-21(2)25(20-22(3)29(39)37-19-15-18-24(37)31(41)42-11)36(10)30(40)27(32(4,5)6)35-28(38)26(34-9)33(7,8)23-16-13-12-14-17-23/h12-14,16-17,20-21,24-27,34H,15,18-19H2,1-11H3,(H,35,38)/t24-,25+,26+,27?/m0/s1. The van der Waals surface area contributed by atoms with E-state index in [2.05, 4.69) is 10.6 Å². The Morgan fingerprint density at radius 1 is 1.05 bits per heavy atom. The Balaban J connectivity index is 2.33. The SMILES string of the molecule is CN[C@H](C(=O)NC(C(=O)N(C)[C@H](C=C(C)C(=O)N1CCC[C@H]1C(=O)OC)C(C)C)C(C)(C)C)C(C)(C)c1ccccc1. The van der Waals surface area contributed by atoms with E-state index in [9.17, 15) is 19.2 Å². The Morgan fingerprint density at radius 2 is 1.64 bits per heavy atom. The van der Waals surface area contributed by atoms with Crippen LogP contribution in [0.15, 0.2) is 42.0 Å². The summed E-state index contributed by atoms with van der Waals surface area (Å²) in [5, 5.41) is 6.23. The first-order chi connectivity index (χ1) is 19.5. The lowest BCUT2D eigenvalue weighted by molar-refractivity contribution is -0.149. The van der Waals surface area contributed by atoms with Crippen LogP contribution in [-0.2, 0) is 29.3 Å². The summed E-state index contributed by atoms with van der Waals surface area (Å²) in [5.41, 5.74) is 0.332. The van der Waals surface area contributed by atoms with E-state index in [1.54, 1.807) is 36.9 Å². The molecule has 1 aromatic carbocycles. The van der Waals surface area contributed by atoms with Crippen LogP contribution in [0.5, 0.6) is 0 Å². The van der Waals surface area contributed by atoms with E-state index in [4.69, 9.17) is 4.74 Å². The number of nitrogens with zero attached hydrogens (tertiary/aromatic N) is 2. The number of rotatable bonds is 11. The lowest BCUT2D eigenvalue weighted by Crippen LogP contribution is -2.61. The highest BCUT2D eigenvalue weighted by Gasteiger charge is 2.42. The van der Waals surface area contributed by atoms with Gasteiger partial charge < -0.3 is 25.2 Å². The predicted octanol–water partition coefficient (Wildman–Crippen LogP) is 3.68. The average Bonchev–Trinajstić information content (AvgIpc) is 3.43. The summed E-state index contributed by atoms with van der Waals surface area (Å²) in [4.78, 5) is 56.6. The number of nitrogens with one attached hydrogen (secondary N) is 2. The number of likely N-dealkylation sites (tertiary alicyclic amines) is 1. The normalized spacial score (nSPS) is 18.3. The van der Waals surface area contributed by atoms with Crippen LogP contribution in [0.4, 0.5) is 0 Å². The average molecular weight is 585 g/mol. The molecule has 2 N–H and O–H groups in total. The molecule has 1 heterocycles. The summed E-state index contributed by atoms with van der Waals surface area (Å²) in [6, 6.07) is 7.42. The van der Waals surface area contributed by atoms with Gasteiger partial charge in [0.2, 0.25) is 17.7 Å². The van der Waals surface area contributed by atoms with Crippen molar-refractivity contribution in [1.82, 2.24) is 20.4 Å². The van der Waals surface area contributed by atoms with Crippen LogP contribution in [0.3, 0.4) is 0 Å². The molecular formula is C33H52N4O5. The summed E-state index contributed by atoms with van der Waals surface area (Å²) >= 11 is 0. The molecule has 3 amide bonds. The van der Waals surface area contributed by atoms with E-state index in [-0.39, 0.29) is 23.6 Å². The Kier molecular flexibility index (Phi) is 11.9. The minimum Gasteiger partial charge on any atom is -0.467 e. The van der Waals surface area contributed by atoms with Crippen LogP contribution in [0.2, 0.25) is 0 Å². The molecule has 1 aliphatic rings. The molecule has 1 unspecified atom stereocenters. The number of hydrogen-bond acceptors (Lipinski definition) is 6. The molecule has 4 atom stereocenters. The molecular weight excluding hydrogens is 532 g/mol. The second kappa shape index (κ2) is 14.3. The van der Waals surface area contributed by atoms with Gasteiger partial charge in [0.25, 0.3) is 0 Å². The van der Waals surface area contributed by atoms with E-state index in [0.29, 0.717) is 18.5 Å². The van der Waals surface area contributed by atoms with Crippen molar-refractivity contribution in [2.24, 2.45) is 11.3 Å². The third kappa shape index (κ3) is 8.00. The maximum Gasteiger partial charge on any atom is 0.328 e. The first kappa shape index (κ1) is 35.0. The molecule has 1 aliphatic heterocycles. The highest BCUT2D eigenvalue weighted by atomic mass is 16.5. The molecule has 1 fully saturated rings. The van der Waals surface area contributed by atoms with Crippen LogP contribution in [-0.4, -0.2) is 85.4 Å². The Morgan fingerprint density at radius 3 is 2.14 bits per heavy atom. The maximum atomic E-state index is 14.1.